The number of aromatic nitrogens is 3. The van der Waals surface area contributed by atoms with Crippen molar-refractivity contribution in [2.45, 2.75) is 12.1 Å². The number of thioether (sulfide) groups is 1. The summed E-state index contributed by atoms with van der Waals surface area (Å²) < 4.78 is 1.41. The Morgan fingerprint density at radius 2 is 2.44 bits per heavy atom. The summed E-state index contributed by atoms with van der Waals surface area (Å²) >= 11 is 2.81. The van der Waals surface area contributed by atoms with Gasteiger partial charge in [-0.15, -0.1) is 21.5 Å². The number of rotatable bonds is 5. The van der Waals surface area contributed by atoms with Gasteiger partial charge in [-0.1, -0.05) is 17.8 Å². The molecule has 0 radical (unpaired) electrons. The molecule has 0 aliphatic carbocycles. The van der Waals surface area contributed by atoms with E-state index in [1.165, 1.54) is 16.4 Å². The van der Waals surface area contributed by atoms with E-state index in [2.05, 4.69) is 15.5 Å². The van der Waals surface area contributed by atoms with Crippen LogP contribution in [0.1, 0.15) is 6.92 Å². The van der Waals surface area contributed by atoms with E-state index >= 15 is 0 Å². The number of hydrogen-bond donors (Lipinski definition) is 2. The summed E-state index contributed by atoms with van der Waals surface area (Å²) in [4.78, 5) is 12.3. The molecule has 6 nitrogen and oxygen atoms in total. The SMILES string of the molecule is CCNC(=O)CSc1nnc(-c2cccs2)n1N. The van der Waals surface area contributed by atoms with Gasteiger partial charge in [-0.05, 0) is 18.4 Å². The third-order valence-corrected chi connectivity index (χ3v) is 3.92. The van der Waals surface area contributed by atoms with Crippen molar-refractivity contribution < 1.29 is 4.79 Å². The molecule has 0 saturated carbocycles. The van der Waals surface area contributed by atoms with Crippen molar-refractivity contribution in [1.82, 2.24) is 20.2 Å². The lowest BCUT2D eigenvalue weighted by atomic mass is 10.4. The quantitative estimate of drug-likeness (QED) is 0.630. The molecule has 18 heavy (non-hydrogen) atoms. The number of hydrogen-bond acceptors (Lipinski definition) is 6. The second kappa shape index (κ2) is 5.87. The van der Waals surface area contributed by atoms with E-state index in [9.17, 15) is 4.79 Å². The highest BCUT2D eigenvalue weighted by atomic mass is 32.2. The maximum atomic E-state index is 11.3. The van der Waals surface area contributed by atoms with Gasteiger partial charge >= 0.3 is 0 Å². The number of carbonyl (C=O) groups is 1. The first-order chi connectivity index (χ1) is 8.72. The minimum atomic E-state index is -0.0387. The molecule has 1 amide bonds. The lowest BCUT2D eigenvalue weighted by Crippen LogP contribution is -2.24. The average Bonchev–Trinajstić information content (AvgIpc) is 2.96. The molecular weight excluding hydrogens is 270 g/mol. The molecule has 0 aliphatic rings. The van der Waals surface area contributed by atoms with E-state index in [-0.39, 0.29) is 11.7 Å². The lowest BCUT2D eigenvalue weighted by molar-refractivity contribution is -0.118. The molecule has 0 unspecified atom stereocenters. The first-order valence-corrected chi connectivity index (χ1v) is 7.22. The predicted molar refractivity (Wildman–Crippen MR) is 72.9 cm³/mol. The van der Waals surface area contributed by atoms with Gasteiger partial charge in [0.15, 0.2) is 5.82 Å². The fourth-order valence-electron chi connectivity index (χ4n) is 1.33. The summed E-state index contributed by atoms with van der Waals surface area (Å²) in [5, 5.41) is 13.2. The molecule has 2 aromatic heterocycles. The fraction of sp³-hybridized carbons (Fsp3) is 0.300. The van der Waals surface area contributed by atoms with E-state index in [0.29, 0.717) is 17.5 Å². The Kier molecular flexibility index (Phi) is 4.21. The van der Waals surface area contributed by atoms with Gasteiger partial charge in [0.25, 0.3) is 0 Å². The van der Waals surface area contributed by atoms with Crippen LogP contribution in [0.3, 0.4) is 0 Å². The van der Waals surface area contributed by atoms with Crippen molar-refractivity contribution in [2.24, 2.45) is 0 Å². The number of nitrogens with two attached hydrogens (primary N) is 1. The zero-order chi connectivity index (χ0) is 13.0. The van der Waals surface area contributed by atoms with E-state index < -0.39 is 0 Å². The van der Waals surface area contributed by atoms with Crippen molar-refractivity contribution in [3.8, 4) is 10.7 Å². The number of carbonyl (C=O) groups excluding carboxylic acids is 1. The van der Waals surface area contributed by atoms with Crippen LogP contribution in [0.15, 0.2) is 22.7 Å². The molecule has 0 fully saturated rings. The van der Waals surface area contributed by atoms with Crippen LogP contribution in [0.25, 0.3) is 10.7 Å². The molecule has 0 aliphatic heterocycles. The highest BCUT2D eigenvalue weighted by Crippen LogP contribution is 2.24. The molecule has 96 valence electrons. The number of nitrogen functional groups attached to an aromatic ring is 1. The molecule has 0 atom stereocenters. The molecular formula is C10H13N5OS2. The summed E-state index contributed by atoms with van der Waals surface area (Å²) in [6.07, 6.45) is 0. The molecule has 0 saturated heterocycles. The van der Waals surface area contributed by atoms with Crippen LogP contribution in [-0.4, -0.2) is 33.1 Å². The molecule has 2 rings (SSSR count). The van der Waals surface area contributed by atoms with Gasteiger partial charge in [0, 0.05) is 6.54 Å². The smallest absolute Gasteiger partial charge is 0.230 e. The first-order valence-electron chi connectivity index (χ1n) is 5.36. The zero-order valence-corrected chi connectivity index (χ0v) is 11.4. The van der Waals surface area contributed by atoms with Gasteiger partial charge in [0.2, 0.25) is 11.1 Å². The topological polar surface area (TPSA) is 85.8 Å². The van der Waals surface area contributed by atoms with Crippen molar-refractivity contribution in [1.29, 1.82) is 0 Å². The Bertz CT molecular complexity index is 522. The standard InChI is InChI=1S/C10H13N5OS2/c1-2-12-8(16)6-18-10-14-13-9(15(10)11)7-4-3-5-17-7/h3-5H,2,6,11H2,1H3,(H,12,16). The third kappa shape index (κ3) is 2.82. The van der Waals surface area contributed by atoms with E-state index in [0.717, 1.165) is 4.88 Å². The van der Waals surface area contributed by atoms with Gasteiger partial charge in [-0.2, -0.15) is 0 Å². The Hall–Kier alpha value is -1.54. The van der Waals surface area contributed by atoms with Gasteiger partial charge < -0.3 is 11.2 Å². The minimum Gasteiger partial charge on any atom is -0.356 e. The Morgan fingerprint density at radius 1 is 1.61 bits per heavy atom. The number of thiophene rings is 1. The lowest BCUT2D eigenvalue weighted by Gasteiger charge is -2.02. The van der Waals surface area contributed by atoms with Crippen LogP contribution in [-0.2, 0) is 4.79 Å². The van der Waals surface area contributed by atoms with E-state index in [1.54, 1.807) is 11.3 Å². The molecule has 0 spiro atoms. The van der Waals surface area contributed by atoms with Crippen LogP contribution in [0.2, 0.25) is 0 Å². The fourth-order valence-corrected chi connectivity index (χ4v) is 2.72. The maximum Gasteiger partial charge on any atom is 0.230 e. The minimum absolute atomic E-state index is 0.0387. The summed E-state index contributed by atoms with van der Waals surface area (Å²) in [7, 11) is 0. The van der Waals surface area contributed by atoms with Crippen molar-refractivity contribution in [3.63, 3.8) is 0 Å². The summed E-state index contributed by atoms with van der Waals surface area (Å²) in [5.74, 6) is 6.76. The Morgan fingerprint density at radius 3 is 3.11 bits per heavy atom. The van der Waals surface area contributed by atoms with Crippen LogP contribution in [0, 0.1) is 0 Å². The monoisotopic (exact) mass is 283 g/mol. The van der Waals surface area contributed by atoms with Gasteiger partial charge in [0.1, 0.15) is 0 Å². The van der Waals surface area contributed by atoms with Crippen LogP contribution in [0.4, 0.5) is 0 Å². The van der Waals surface area contributed by atoms with Crippen LogP contribution in [0.5, 0.6) is 0 Å². The Balaban J connectivity index is 2.05. The molecule has 0 aromatic carbocycles. The molecule has 3 N–H and O–H groups in total. The third-order valence-electron chi connectivity index (χ3n) is 2.11. The second-order valence-corrected chi connectivity index (χ2v) is 5.29. The van der Waals surface area contributed by atoms with Gasteiger partial charge in [0.05, 0.1) is 10.6 Å². The zero-order valence-electron chi connectivity index (χ0n) is 9.79. The summed E-state index contributed by atoms with van der Waals surface area (Å²) in [6, 6.07) is 3.85. The summed E-state index contributed by atoms with van der Waals surface area (Å²) in [5.41, 5.74) is 0. The number of nitrogens with zero attached hydrogens (tertiary/aromatic N) is 3. The Labute approximate surface area is 113 Å². The molecule has 0 bridgehead atoms. The van der Waals surface area contributed by atoms with E-state index in [1.807, 2.05) is 24.4 Å². The largest absolute Gasteiger partial charge is 0.356 e. The molecule has 2 heterocycles. The van der Waals surface area contributed by atoms with E-state index in [4.69, 9.17) is 5.84 Å². The number of nitrogens with one attached hydrogen (secondary N) is 1. The van der Waals surface area contributed by atoms with Crippen LogP contribution < -0.4 is 11.2 Å². The maximum absolute atomic E-state index is 11.3. The highest BCUT2D eigenvalue weighted by Gasteiger charge is 2.13. The van der Waals surface area contributed by atoms with Gasteiger partial charge in [-0.25, -0.2) is 4.68 Å². The van der Waals surface area contributed by atoms with Gasteiger partial charge in [-0.3, -0.25) is 4.79 Å². The molecule has 8 heteroatoms. The number of amides is 1. The molecule has 2 aromatic rings. The van der Waals surface area contributed by atoms with Crippen molar-refractivity contribution in [2.75, 3.05) is 18.1 Å². The summed E-state index contributed by atoms with van der Waals surface area (Å²) in [6.45, 7) is 2.50. The second-order valence-electron chi connectivity index (χ2n) is 3.40. The predicted octanol–water partition coefficient (Wildman–Crippen LogP) is 0.949. The van der Waals surface area contributed by atoms with Crippen LogP contribution >= 0.6 is 23.1 Å². The van der Waals surface area contributed by atoms with Crippen molar-refractivity contribution >= 4 is 29.0 Å². The highest BCUT2D eigenvalue weighted by molar-refractivity contribution is 7.99. The van der Waals surface area contributed by atoms with Crippen molar-refractivity contribution in [3.05, 3.63) is 17.5 Å². The normalized spacial score (nSPS) is 10.5. The first kappa shape index (κ1) is 12.9. The average molecular weight is 283 g/mol.